The predicted molar refractivity (Wildman–Crippen MR) is 54.7 cm³/mol. The van der Waals surface area contributed by atoms with Gasteiger partial charge in [0.25, 0.3) is 0 Å². The number of nitrogens with two attached hydrogens (primary N) is 1. The molecule has 3 N–H and O–H groups in total. The van der Waals surface area contributed by atoms with E-state index in [1.807, 2.05) is 0 Å². The number of hydroxylamine groups is 1. The molecule has 0 bridgehead atoms. The van der Waals surface area contributed by atoms with Gasteiger partial charge in [-0.3, -0.25) is 9.63 Å². The first-order valence-electron chi connectivity index (χ1n) is 4.68. The topological polar surface area (TPSA) is 64.4 Å². The van der Waals surface area contributed by atoms with Gasteiger partial charge in [-0.05, 0) is 17.7 Å². The van der Waals surface area contributed by atoms with Crippen molar-refractivity contribution in [1.82, 2.24) is 5.48 Å². The Morgan fingerprint density at radius 2 is 2.12 bits per heavy atom. The Morgan fingerprint density at radius 3 is 2.71 bits per heavy atom. The second kappa shape index (κ2) is 5.53. The second-order valence-corrected chi connectivity index (χ2v) is 3.35. The Balaban J connectivity index is 2.35. The standard InChI is InChI=1S/C10H11F3N2O2/c11-10(12,13)6-17-15-9(16)5-7-2-1-3-8(14)4-7/h1-4H,5-6,14H2,(H,15,16). The maximum atomic E-state index is 11.7. The zero-order chi connectivity index (χ0) is 12.9. The van der Waals surface area contributed by atoms with Crippen LogP contribution in [0.4, 0.5) is 18.9 Å². The smallest absolute Gasteiger partial charge is 0.399 e. The van der Waals surface area contributed by atoms with Crippen LogP contribution in [-0.4, -0.2) is 18.7 Å². The number of anilines is 1. The van der Waals surface area contributed by atoms with Crippen molar-refractivity contribution in [3.8, 4) is 0 Å². The van der Waals surface area contributed by atoms with E-state index in [1.165, 1.54) is 0 Å². The van der Waals surface area contributed by atoms with E-state index in [4.69, 9.17) is 5.73 Å². The van der Waals surface area contributed by atoms with Crippen molar-refractivity contribution in [3.63, 3.8) is 0 Å². The largest absolute Gasteiger partial charge is 0.414 e. The fourth-order valence-electron chi connectivity index (χ4n) is 1.12. The number of hydrogen-bond donors (Lipinski definition) is 2. The van der Waals surface area contributed by atoms with Gasteiger partial charge in [-0.1, -0.05) is 12.1 Å². The van der Waals surface area contributed by atoms with Crippen LogP contribution in [0.25, 0.3) is 0 Å². The molecular weight excluding hydrogens is 237 g/mol. The number of halogens is 3. The monoisotopic (exact) mass is 248 g/mol. The third-order valence-corrected chi connectivity index (χ3v) is 1.74. The molecule has 0 saturated heterocycles. The SMILES string of the molecule is Nc1cccc(CC(=O)NOCC(F)(F)F)c1. The third kappa shape index (κ3) is 5.76. The lowest BCUT2D eigenvalue weighted by atomic mass is 10.1. The third-order valence-electron chi connectivity index (χ3n) is 1.74. The number of carbonyl (C=O) groups excluding carboxylic acids is 1. The molecule has 1 aromatic carbocycles. The first kappa shape index (κ1) is 13.3. The maximum absolute atomic E-state index is 11.7. The molecule has 0 saturated carbocycles. The summed E-state index contributed by atoms with van der Waals surface area (Å²) in [5.74, 6) is -0.667. The lowest BCUT2D eigenvalue weighted by molar-refractivity contribution is -0.191. The number of nitrogens with one attached hydrogen (secondary N) is 1. The molecule has 94 valence electrons. The molecule has 0 aromatic heterocycles. The van der Waals surface area contributed by atoms with Gasteiger partial charge in [-0.15, -0.1) is 0 Å². The summed E-state index contributed by atoms with van der Waals surface area (Å²) >= 11 is 0. The summed E-state index contributed by atoms with van der Waals surface area (Å²) < 4.78 is 35.1. The minimum atomic E-state index is -4.47. The number of nitrogen functional groups attached to an aromatic ring is 1. The van der Waals surface area contributed by atoms with Crippen LogP contribution >= 0.6 is 0 Å². The van der Waals surface area contributed by atoms with Crippen LogP contribution in [0.5, 0.6) is 0 Å². The van der Waals surface area contributed by atoms with E-state index in [9.17, 15) is 18.0 Å². The predicted octanol–water partition coefficient (Wildman–Crippen LogP) is 1.42. The molecule has 1 amide bonds. The van der Waals surface area contributed by atoms with Gasteiger partial charge >= 0.3 is 6.18 Å². The van der Waals surface area contributed by atoms with Crippen molar-refractivity contribution in [3.05, 3.63) is 29.8 Å². The summed E-state index contributed by atoms with van der Waals surface area (Å²) in [6.07, 6.45) is -4.56. The van der Waals surface area contributed by atoms with Crippen molar-refractivity contribution in [2.75, 3.05) is 12.3 Å². The molecule has 0 radical (unpaired) electrons. The van der Waals surface area contributed by atoms with Gasteiger partial charge in [0.1, 0.15) is 0 Å². The molecule has 1 aromatic rings. The number of rotatable bonds is 4. The molecule has 0 spiro atoms. The highest BCUT2D eigenvalue weighted by Gasteiger charge is 2.28. The molecule has 0 aliphatic carbocycles. The maximum Gasteiger partial charge on any atom is 0.414 e. The molecule has 0 unspecified atom stereocenters. The molecular formula is C10H11F3N2O2. The van der Waals surface area contributed by atoms with Crippen molar-refractivity contribution in [2.24, 2.45) is 0 Å². The number of benzene rings is 1. The summed E-state index contributed by atoms with van der Waals surface area (Å²) in [6.45, 7) is -1.52. The Kier molecular flexibility index (Phi) is 4.33. The molecule has 0 heterocycles. The highest BCUT2D eigenvalue weighted by molar-refractivity contribution is 5.77. The first-order chi connectivity index (χ1) is 7.87. The minimum Gasteiger partial charge on any atom is -0.399 e. The van der Waals surface area contributed by atoms with Crippen LogP contribution in [-0.2, 0) is 16.1 Å². The fraction of sp³-hybridized carbons (Fsp3) is 0.300. The van der Waals surface area contributed by atoms with E-state index >= 15 is 0 Å². The average molecular weight is 248 g/mol. The fourth-order valence-corrected chi connectivity index (χ4v) is 1.12. The van der Waals surface area contributed by atoms with Gasteiger partial charge in [0, 0.05) is 5.69 Å². The van der Waals surface area contributed by atoms with Crippen molar-refractivity contribution in [1.29, 1.82) is 0 Å². The van der Waals surface area contributed by atoms with E-state index in [0.29, 0.717) is 11.3 Å². The molecule has 0 aliphatic rings. The number of carbonyl (C=O) groups is 1. The molecule has 0 atom stereocenters. The Morgan fingerprint density at radius 1 is 1.41 bits per heavy atom. The van der Waals surface area contributed by atoms with Gasteiger partial charge < -0.3 is 5.73 Å². The van der Waals surface area contributed by atoms with Gasteiger partial charge in [0.05, 0.1) is 6.42 Å². The van der Waals surface area contributed by atoms with Crippen LogP contribution < -0.4 is 11.2 Å². The van der Waals surface area contributed by atoms with Crippen LogP contribution in [0, 0.1) is 0 Å². The van der Waals surface area contributed by atoms with Crippen LogP contribution in [0.1, 0.15) is 5.56 Å². The van der Waals surface area contributed by atoms with Crippen LogP contribution in [0.3, 0.4) is 0 Å². The van der Waals surface area contributed by atoms with Crippen LogP contribution in [0.15, 0.2) is 24.3 Å². The van der Waals surface area contributed by atoms with Crippen molar-refractivity contribution < 1.29 is 22.8 Å². The zero-order valence-electron chi connectivity index (χ0n) is 8.75. The summed E-state index contributed by atoms with van der Waals surface area (Å²) in [5, 5.41) is 0. The zero-order valence-corrected chi connectivity index (χ0v) is 8.75. The van der Waals surface area contributed by atoms with Gasteiger partial charge in [0.2, 0.25) is 5.91 Å². The number of hydrogen-bond acceptors (Lipinski definition) is 3. The van der Waals surface area contributed by atoms with Gasteiger partial charge in [-0.2, -0.15) is 13.2 Å². The van der Waals surface area contributed by atoms with Crippen molar-refractivity contribution in [2.45, 2.75) is 12.6 Å². The summed E-state index contributed by atoms with van der Waals surface area (Å²) in [7, 11) is 0. The Labute approximate surface area is 95.5 Å². The normalized spacial score (nSPS) is 11.2. The first-order valence-corrected chi connectivity index (χ1v) is 4.68. The summed E-state index contributed by atoms with van der Waals surface area (Å²) in [6, 6.07) is 6.49. The summed E-state index contributed by atoms with van der Waals surface area (Å²) in [5.41, 5.74) is 8.26. The minimum absolute atomic E-state index is 0.0943. The number of amides is 1. The van der Waals surface area contributed by atoms with E-state index in [1.54, 1.807) is 29.7 Å². The molecule has 0 fully saturated rings. The molecule has 1 rings (SSSR count). The second-order valence-electron chi connectivity index (χ2n) is 3.35. The highest BCUT2D eigenvalue weighted by atomic mass is 19.4. The van der Waals surface area contributed by atoms with Gasteiger partial charge in [0.15, 0.2) is 6.61 Å². The Bertz CT molecular complexity index is 393. The lowest BCUT2D eigenvalue weighted by Crippen LogP contribution is -2.30. The molecule has 7 heteroatoms. The van der Waals surface area contributed by atoms with E-state index < -0.39 is 18.7 Å². The van der Waals surface area contributed by atoms with Crippen molar-refractivity contribution >= 4 is 11.6 Å². The molecule has 4 nitrogen and oxygen atoms in total. The lowest BCUT2D eigenvalue weighted by Gasteiger charge is -2.08. The molecule has 17 heavy (non-hydrogen) atoms. The van der Waals surface area contributed by atoms with Gasteiger partial charge in [-0.25, -0.2) is 5.48 Å². The Hall–Kier alpha value is -1.76. The van der Waals surface area contributed by atoms with Crippen LogP contribution in [0.2, 0.25) is 0 Å². The van der Waals surface area contributed by atoms with E-state index in [-0.39, 0.29) is 6.42 Å². The summed E-state index contributed by atoms with van der Waals surface area (Å²) in [4.78, 5) is 15.2. The molecule has 0 aliphatic heterocycles. The number of alkyl halides is 3. The highest BCUT2D eigenvalue weighted by Crippen LogP contribution is 2.13. The average Bonchev–Trinajstić information content (AvgIpc) is 2.15. The van der Waals surface area contributed by atoms with E-state index in [2.05, 4.69) is 4.84 Å². The quantitative estimate of drug-likeness (QED) is 0.625. The van der Waals surface area contributed by atoms with E-state index in [0.717, 1.165) is 0 Å².